The molecule has 22 heavy (non-hydrogen) atoms. The lowest BCUT2D eigenvalue weighted by molar-refractivity contribution is 0.868. The van der Waals surface area contributed by atoms with E-state index in [2.05, 4.69) is 81.0 Å². The Labute approximate surface area is 140 Å². The first-order valence-electron chi connectivity index (χ1n) is 8.91. The minimum Gasteiger partial charge on any atom is -0.397 e. The SMILES string of the molecule is C=C[Si](C)(C)CCCN(c1ccccc1)[Si](CC)(CC)CC. The highest BCUT2D eigenvalue weighted by molar-refractivity contribution is 6.83. The molecule has 0 fully saturated rings. The summed E-state index contributed by atoms with van der Waals surface area (Å²) >= 11 is 0. The van der Waals surface area contributed by atoms with Crippen molar-refractivity contribution in [3.63, 3.8) is 0 Å². The summed E-state index contributed by atoms with van der Waals surface area (Å²) < 4.78 is 2.82. The summed E-state index contributed by atoms with van der Waals surface area (Å²) in [7, 11) is -2.55. The van der Waals surface area contributed by atoms with E-state index in [4.69, 9.17) is 0 Å². The van der Waals surface area contributed by atoms with Gasteiger partial charge in [-0.3, -0.25) is 0 Å². The quantitative estimate of drug-likeness (QED) is 0.453. The number of rotatable bonds is 10. The zero-order valence-electron chi connectivity index (χ0n) is 15.4. The minimum atomic E-state index is -1.37. The van der Waals surface area contributed by atoms with E-state index in [1.54, 1.807) is 0 Å². The molecule has 0 aliphatic rings. The van der Waals surface area contributed by atoms with Crippen LogP contribution >= 0.6 is 0 Å². The highest BCUT2D eigenvalue weighted by Crippen LogP contribution is 2.31. The standard InChI is InChI=1S/C19H35NSi2/c1-7-21(5,6)18-14-17-20(19-15-12-11-13-16-19)22(8-2,9-3)10-4/h7,11-13,15-16H,1,8-10,14,17-18H2,2-6H3. The summed E-state index contributed by atoms with van der Waals surface area (Å²) in [5, 5.41) is 0. The van der Waals surface area contributed by atoms with Crippen molar-refractivity contribution >= 4 is 22.0 Å². The van der Waals surface area contributed by atoms with E-state index in [-0.39, 0.29) is 0 Å². The lowest BCUT2D eigenvalue weighted by Crippen LogP contribution is -2.53. The van der Waals surface area contributed by atoms with E-state index >= 15 is 0 Å². The third-order valence-electron chi connectivity index (χ3n) is 5.37. The van der Waals surface area contributed by atoms with E-state index in [0.717, 1.165) is 0 Å². The van der Waals surface area contributed by atoms with Gasteiger partial charge in [-0.15, -0.1) is 12.3 Å². The van der Waals surface area contributed by atoms with Crippen LogP contribution in [-0.4, -0.2) is 22.9 Å². The van der Waals surface area contributed by atoms with Crippen molar-refractivity contribution in [2.75, 3.05) is 11.1 Å². The van der Waals surface area contributed by atoms with Gasteiger partial charge in [-0.25, -0.2) is 0 Å². The summed E-state index contributed by atoms with van der Waals surface area (Å²) in [5.74, 6) is 0. The average molecular weight is 334 g/mol. The van der Waals surface area contributed by atoms with Crippen molar-refractivity contribution in [1.82, 2.24) is 0 Å². The Morgan fingerprint density at radius 3 is 2.00 bits per heavy atom. The number of benzene rings is 1. The maximum absolute atomic E-state index is 4.04. The van der Waals surface area contributed by atoms with Crippen LogP contribution in [0.4, 0.5) is 5.69 Å². The molecule has 0 aliphatic heterocycles. The molecule has 0 aliphatic carbocycles. The summed E-state index contributed by atoms with van der Waals surface area (Å²) in [6.07, 6.45) is 1.30. The fourth-order valence-corrected chi connectivity index (χ4v) is 8.61. The van der Waals surface area contributed by atoms with Gasteiger partial charge in [0.1, 0.15) is 0 Å². The first-order chi connectivity index (χ1) is 10.4. The molecule has 3 heteroatoms. The van der Waals surface area contributed by atoms with Gasteiger partial charge in [-0.05, 0) is 36.7 Å². The molecule has 0 saturated carbocycles. The predicted molar refractivity (Wildman–Crippen MR) is 108 cm³/mol. The average Bonchev–Trinajstić information content (AvgIpc) is 2.56. The molecule has 1 aromatic carbocycles. The highest BCUT2D eigenvalue weighted by atomic mass is 28.3. The number of hydrogen-bond donors (Lipinski definition) is 0. The van der Waals surface area contributed by atoms with Crippen molar-refractivity contribution < 1.29 is 0 Å². The first-order valence-corrected chi connectivity index (χ1v) is 14.8. The van der Waals surface area contributed by atoms with Gasteiger partial charge in [0.2, 0.25) is 0 Å². The highest BCUT2D eigenvalue weighted by Gasteiger charge is 2.34. The molecule has 0 aromatic heterocycles. The van der Waals surface area contributed by atoms with Crippen LogP contribution in [-0.2, 0) is 0 Å². The number of anilines is 1. The number of nitrogens with zero attached hydrogens (tertiary/aromatic N) is 1. The first kappa shape index (κ1) is 19.2. The fraction of sp³-hybridized carbons (Fsp3) is 0.579. The van der Waals surface area contributed by atoms with Crippen molar-refractivity contribution in [2.45, 2.75) is 64.5 Å². The third-order valence-corrected chi connectivity index (χ3v) is 13.7. The van der Waals surface area contributed by atoms with Crippen molar-refractivity contribution in [3.05, 3.63) is 42.6 Å². The smallest absolute Gasteiger partial charge is 0.155 e. The molecule has 1 rings (SSSR count). The van der Waals surface area contributed by atoms with E-state index in [9.17, 15) is 0 Å². The third kappa shape index (κ3) is 4.85. The van der Waals surface area contributed by atoms with E-state index in [1.807, 2.05) is 0 Å². The van der Waals surface area contributed by atoms with E-state index < -0.39 is 16.3 Å². The van der Waals surface area contributed by atoms with Gasteiger partial charge in [-0.2, -0.15) is 0 Å². The van der Waals surface area contributed by atoms with Crippen molar-refractivity contribution in [1.29, 1.82) is 0 Å². The zero-order chi connectivity index (χ0) is 16.6. The molecule has 1 aromatic rings. The molecular weight excluding hydrogens is 298 g/mol. The second-order valence-corrected chi connectivity index (χ2v) is 17.1. The number of hydrogen-bond acceptors (Lipinski definition) is 1. The van der Waals surface area contributed by atoms with Crippen molar-refractivity contribution in [3.8, 4) is 0 Å². The van der Waals surface area contributed by atoms with Crippen LogP contribution in [0.1, 0.15) is 27.2 Å². The molecule has 0 radical (unpaired) electrons. The second-order valence-electron chi connectivity index (χ2n) is 7.07. The monoisotopic (exact) mass is 333 g/mol. The van der Waals surface area contributed by atoms with Crippen LogP contribution in [0.3, 0.4) is 0 Å². The second kappa shape index (κ2) is 8.73. The minimum absolute atomic E-state index is 1.18. The van der Waals surface area contributed by atoms with Gasteiger partial charge in [0.05, 0.1) is 8.07 Å². The Morgan fingerprint density at radius 2 is 1.55 bits per heavy atom. The Hall–Kier alpha value is -0.806. The largest absolute Gasteiger partial charge is 0.397 e. The Kier molecular flexibility index (Phi) is 7.63. The van der Waals surface area contributed by atoms with E-state index in [1.165, 1.54) is 42.8 Å². The Balaban J connectivity index is 2.95. The Bertz CT molecular complexity index is 430. The van der Waals surface area contributed by atoms with Crippen LogP contribution in [0.25, 0.3) is 0 Å². The molecule has 1 nitrogen and oxygen atoms in total. The predicted octanol–water partition coefficient (Wildman–Crippen LogP) is 6.32. The van der Waals surface area contributed by atoms with Crippen LogP contribution in [0.2, 0.25) is 37.3 Å². The fourth-order valence-electron chi connectivity index (χ4n) is 3.37. The summed E-state index contributed by atoms with van der Waals surface area (Å²) in [6, 6.07) is 16.5. The summed E-state index contributed by atoms with van der Waals surface area (Å²) in [4.78, 5) is 0. The number of para-hydroxylation sites is 1. The molecule has 124 valence electrons. The van der Waals surface area contributed by atoms with Gasteiger partial charge in [0.15, 0.2) is 8.24 Å². The molecule has 0 amide bonds. The molecule has 0 bridgehead atoms. The molecule has 0 atom stereocenters. The molecule has 0 unspecified atom stereocenters. The Morgan fingerprint density at radius 1 is 1.00 bits per heavy atom. The van der Waals surface area contributed by atoms with Gasteiger partial charge in [-0.1, -0.05) is 58.1 Å². The lowest BCUT2D eigenvalue weighted by Gasteiger charge is -2.43. The maximum Gasteiger partial charge on any atom is 0.155 e. The zero-order valence-corrected chi connectivity index (χ0v) is 17.4. The molecule has 0 heterocycles. The molecule has 0 saturated heterocycles. The molecule has 0 N–H and O–H groups in total. The van der Waals surface area contributed by atoms with Gasteiger partial charge < -0.3 is 4.57 Å². The van der Waals surface area contributed by atoms with Crippen LogP contribution < -0.4 is 4.57 Å². The van der Waals surface area contributed by atoms with Gasteiger partial charge in [0.25, 0.3) is 0 Å². The normalized spacial score (nSPS) is 12.2. The summed E-state index contributed by atoms with van der Waals surface area (Å²) in [5.41, 5.74) is 3.68. The van der Waals surface area contributed by atoms with E-state index in [0.29, 0.717) is 0 Å². The van der Waals surface area contributed by atoms with Gasteiger partial charge in [0, 0.05) is 12.2 Å². The van der Waals surface area contributed by atoms with Crippen LogP contribution in [0.15, 0.2) is 42.6 Å². The topological polar surface area (TPSA) is 3.24 Å². The lowest BCUT2D eigenvalue weighted by atomic mass is 10.3. The maximum atomic E-state index is 4.04. The summed E-state index contributed by atoms with van der Waals surface area (Å²) in [6.45, 7) is 17.3. The van der Waals surface area contributed by atoms with Crippen LogP contribution in [0.5, 0.6) is 0 Å². The van der Waals surface area contributed by atoms with Gasteiger partial charge >= 0.3 is 0 Å². The van der Waals surface area contributed by atoms with Crippen LogP contribution in [0, 0.1) is 0 Å². The molecular formula is C19H35NSi2. The molecule has 0 spiro atoms. The van der Waals surface area contributed by atoms with Crippen molar-refractivity contribution in [2.24, 2.45) is 0 Å².